The molecule has 0 atom stereocenters. The second kappa shape index (κ2) is 6.26. The maximum Gasteiger partial charge on any atom is 0.346 e. The van der Waals surface area contributed by atoms with Crippen molar-refractivity contribution < 1.29 is 9.90 Å². The van der Waals surface area contributed by atoms with Crippen LogP contribution in [0.1, 0.15) is 5.56 Å². The minimum Gasteiger partial charge on any atom is -0.477 e. The number of carboxylic acid groups (broad SMARTS) is 1. The van der Waals surface area contributed by atoms with E-state index < -0.39 is 5.97 Å². The summed E-state index contributed by atoms with van der Waals surface area (Å²) in [5, 5.41) is 17.2. The van der Waals surface area contributed by atoms with Gasteiger partial charge in [-0.25, -0.2) is 4.79 Å². The molecule has 0 fully saturated rings. The van der Waals surface area contributed by atoms with Crippen LogP contribution in [-0.2, 0) is 4.79 Å². The third kappa shape index (κ3) is 3.80. The van der Waals surface area contributed by atoms with E-state index in [1.54, 1.807) is 18.2 Å². The average Bonchev–Trinajstić information content (AvgIpc) is 2.34. The molecule has 0 amide bonds. The minimum absolute atomic E-state index is 0.281. The van der Waals surface area contributed by atoms with Gasteiger partial charge in [0.1, 0.15) is 11.6 Å². The van der Waals surface area contributed by atoms with Crippen molar-refractivity contribution in [3.05, 3.63) is 47.6 Å². The topological polar surface area (TPSA) is 64.3 Å². The first kappa shape index (κ1) is 13.5. The predicted octanol–water partition coefficient (Wildman–Crippen LogP) is 2.30. The van der Waals surface area contributed by atoms with E-state index in [-0.39, 0.29) is 5.57 Å². The number of nitrogens with zero attached hydrogens (tertiary/aromatic N) is 2. The fraction of sp³-hybridized carbons (Fsp3) is 0.143. The van der Waals surface area contributed by atoms with Crippen molar-refractivity contribution in [2.24, 2.45) is 0 Å². The summed E-state index contributed by atoms with van der Waals surface area (Å²) in [6.45, 7) is 0. The molecule has 1 rings (SSSR count). The van der Waals surface area contributed by atoms with Crippen molar-refractivity contribution in [2.75, 3.05) is 19.0 Å². The number of aliphatic carboxylic acids is 1. The fourth-order valence-electron chi connectivity index (χ4n) is 1.30. The summed E-state index contributed by atoms with van der Waals surface area (Å²) in [5.74, 6) is -1.22. The molecular formula is C14H14N2O2. The molecule has 0 spiro atoms. The number of rotatable bonds is 4. The van der Waals surface area contributed by atoms with Gasteiger partial charge in [0.15, 0.2) is 0 Å². The van der Waals surface area contributed by atoms with Gasteiger partial charge in [-0.3, -0.25) is 0 Å². The summed E-state index contributed by atoms with van der Waals surface area (Å²) in [4.78, 5) is 12.6. The Morgan fingerprint density at radius 2 is 1.94 bits per heavy atom. The standard InChI is InChI=1S/C14H14N2O2/c1-16(2)13-8-6-11(7-9-13)4-3-5-12(10-15)14(17)18/h3-9H,1-2H3,(H,17,18)/b4-3+,12-5+. The molecule has 0 aliphatic heterocycles. The van der Waals surface area contributed by atoms with Crippen LogP contribution >= 0.6 is 0 Å². The lowest BCUT2D eigenvalue weighted by Crippen LogP contribution is -2.07. The van der Waals surface area contributed by atoms with Crippen LogP contribution in [0.15, 0.2) is 42.0 Å². The Bertz CT molecular complexity index is 520. The summed E-state index contributed by atoms with van der Waals surface area (Å²) in [6.07, 6.45) is 4.58. The summed E-state index contributed by atoms with van der Waals surface area (Å²) in [6, 6.07) is 9.39. The highest BCUT2D eigenvalue weighted by Crippen LogP contribution is 2.13. The summed E-state index contributed by atoms with van der Waals surface area (Å²) >= 11 is 0. The maximum atomic E-state index is 10.6. The molecule has 4 heteroatoms. The zero-order valence-corrected chi connectivity index (χ0v) is 10.3. The van der Waals surface area contributed by atoms with Crippen molar-refractivity contribution >= 4 is 17.7 Å². The number of anilines is 1. The normalized spacial score (nSPS) is 11.3. The Morgan fingerprint density at radius 3 is 2.39 bits per heavy atom. The Labute approximate surface area is 106 Å². The highest BCUT2D eigenvalue weighted by Gasteiger charge is 2.02. The molecule has 0 bridgehead atoms. The molecule has 1 N–H and O–H groups in total. The second-order valence-corrected chi connectivity index (χ2v) is 3.84. The first-order valence-electron chi connectivity index (χ1n) is 5.33. The van der Waals surface area contributed by atoms with Crippen LogP contribution in [0.5, 0.6) is 0 Å². The van der Waals surface area contributed by atoms with Gasteiger partial charge in [0.25, 0.3) is 0 Å². The van der Waals surface area contributed by atoms with Crippen LogP contribution < -0.4 is 4.90 Å². The molecule has 0 saturated carbocycles. The Kier molecular flexibility index (Phi) is 4.70. The van der Waals surface area contributed by atoms with Crippen LogP contribution in [0.3, 0.4) is 0 Å². The fourth-order valence-corrected chi connectivity index (χ4v) is 1.30. The number of nitriles is 1. The van der Waals surface area contributed by atoms with Crippen LogP contribution in [0.25, 0.3) is 6.08 Å². The second-order valence-electron chi connectivity index (χ2n) is 3.84. The van der Waals surface area contributed by atoms with Gasteiger partial charge >= 0.3 is 5.97 Å². The van der Waals surface area contributed by atoms with E-state index in [2.05, 4.69) is 0 Å². The minimum atomic E-state index is -1.22. The molecule has 0 radical (unpaired) electrons. The largest absolute Gasteiger partial charge is 0.477 e. The van der Waals surface area contributed by atoms with Gasteiger partial charge in [-0.05, 0) is 23.8 Å². The predicted molar refractivity (Wildman–Crippen MR) is 71.1 cm³/mol. The van der Waals surface area contributed by atoms with Gasteiger partial charge < -0.3 is 10.0 Å². The monoisotopic (exact) mass is 242 g/mol. The number of carbonyl (C=O) groups is 1. The Hall–Kier alpha value is -2.54. The van der Waals surface area contributed by atoms with E-state index in [4.69, 9.17) is 10.4 Å². The van der Waals surface area contributed by atoms with Crippen molar-refractivity contribution in [3.8, 4) is 6.07 Å². The van der Waals surface area contributed by atoms with Gasteiger partial charge in [0.05, 0.1) is 0 Å². The number of hydrogen-bond donors (Lipinski definition) is 1. The summed E-state index contributed by atoms with van der Waals surface area (Å²) in [5.41, 5.74) is 1.75. The molecule has 0 heterocycles. The summed E-state index contributed by atoms with van der Waals surface area (Å²) in [7, 11) is 3.92. The van der Waals surface area contributed by atoms with Crippen LogP contribution in [-0.4, -0.2) is 25.2 Å². The molecule has 1 aromatic carbocycles. The zero-order valence-electron chi connectivity index (χ0n) is 10.3. The molecule has 0 aliphatic carbocycles. The lowest BCUT2D eigenvalue weighted by atomic mass is 10.1. The van der Waals surface area contributed by atoms with Crippen molar-refractivity contribution in [1.82, 2.24) is 0 Å². The lowest BCUT2D eigenvalue weighted by molar-refractivity contribution is -0.132. The van der Waals surface area contributed by atoms with Crippen molar-refractivity contribution in [2.45, 2.75) is 0 Å². The van der Waals surface area contributed by atoms with E-state index in [9.17, 15) is 4.79 Å². The quantitative estimate of drug-likeness (QED) is 0.500. The highest BCUT2D eigenvalue weighted by atomic mass is 16.4. The molecule has 18 heavy (non-hydrogen) atoms. The molecule has 0 aliphatic rings. The molecule has 92 valence electrons. The first-order valence-corrected chi connectivity index (χ1v) is 5.33. The van der Waals surface area contributed by atoms with Gasteiger partial charge in [0.2, 0.25) is 0 Å². The first-order chi connectivity index (χ1) is 8.54. The number of carboxylic acids is 1. The molecule has 4 nitrogen and oxygen atoms in total. The maximum absolute atomic E-state index is 10.6. The van der Waals surface area contributed by atoms with Crippen molar-refractivity contribution in [1.29, 1.82) is 5.26 Å². The Morgan fingerprint density at radius 1 is 1.33 bits per heavy atom. The SMILES string of the molecule is CN(C)c1ccc(/C=C/C=C(\C#N)C(=O)O)cc1. The Balaban J connectivity index is 2.80. The third-order valence-electron chi connectivity index (χ3n) is 2.31. The van der Waals surface area contributed by atoms with Gasteiger partial charge in [-0.15, -0.1) is 0 Å². The number of benzene rings is 1. The smallest absolute Gasteiger partial charge is 0.346 e. The van der Waals surface area contributed by atoms with Crippen LogP contribution in [0, 0.1) is 11.3 Å². The van der Waals surface area contributed by atoms with E-state index >= 15 is 0 Å². The van der Waals surface area contributed by atoms with E-state index in [0.29, 0.717) is 0 Å². The van der Waals surface area contributed by atoms with Gasteiger partial charge in [-0.1, -0.05) is 24.3 Å². The van der Waals surface area contributed by atoms with Crippen molar-refractivity contribution in [3.63, 3.8) is 0 Å². The van der Waals surface area contributed by atoms with Crippen LogP contribution in [0.4, 0.5) is 5.69 Å². The molecule has 0 unspecified atom stereocenters. The zero-order chi connectivity index (χ0) is 13.5. The molecular weight excluding hydrogens is 228 g/mol. The third-order valence-corrected chi connectivity index (χ3v) is 2.31. The molecule has 0 aromatic heterocycles. The van der Waals surface area contributed by atoms with Gasteiger partial charge in [0, 0.05) is 19.8 Å². The van der Waals surface area contributed by atoms with E-state index in [1.165, 1.54) is 6.08 Å². The molecule has 0 saturated heterocycles. The number of hydrogen-bond acceptors (Lipinski definition) is 3. The highest BCUT2D eigenvalue weighted by molar-refractivity contribution is 5.91. The molecule has 1 aromatic rings. The van der Waals surface area contributed by atoms with E-state index in [0.717, 1.165) is 11.3 Å². The number of allylic oxidation sites excluding steroid dienone is 2. The van der Waals surface area contributed by atoms with Gasteiger partial charge in [-0.2, -0.15) is 5.26 Å². The van der Waals surface area contributed by atoms with E-state index in [1.807, 2.05) is 43.3 Å². The lowest BCUT2D eigenvalue weighted by Gasteiger charge is -2.11. The van der Waals surface area contributed by atoms with Crippen LogP contribution in [0.2, 0.25) is 0 Å². The summed E-state index contributed by atoms with van der Waals surface area (Å²) < 4.78 is 0. The average molecular weight is 242 g/mol.